The number of ketones is 1. The lowest BCUT2D eigenvalue weighted by molar-refractivity contribution is -0.134. The Morgan fingerprint density at radius 1 is 1.31 bits per heavy atom. The molecule has 0 saturated heterocycles. The van der Waals surface area contributed by atoms with Crippen LogP contribution in [0.2, 0.25) is 0 Å². The second-order valence-corrected chi connectivity index (χ2v) is 8.87. The monoisotopic (exact) mass is 377 g/mol. The van der Waals surface area contributed by atoms with E-state index in [0.29, 0.717) is 18.0 Å². The van der Waals surface area contributed by atoms with Crippen LogP contribution in [0.25, 0.3) is 5.57 Å². The van der Waals surface area contributed by atoms with Crippen LogP contribution in [0, 0.1) is 11.3 Å². The standard InChI is InChI=1S/C19H23NO5S/c1-11-18-14(8-9-19(2)15(18)4-3-5-17(19)21)13-7-6-12(10-16(13)24-11)25-26(20,22)23/h6-7,10-11,15H,3-5,8-9H2,1-2H3,(H2,20,22,23)/t11?,15-,19-/m0/s1. The van der Waals surface area contributed by atoms with Crippen molar-refractivity contribution in [1.29, 1.82) is 0 Å². The highest BCUT2D eigenvalue weighted by Crippen LogP contribution is 2.56. The summed E-state index contributed by atoms with van der Waals surface area (Å²) in [7, 11) is -4.08. The number of hydrogen-bond donors (Lipinski definition) is 1. The fourth-order valence-electron chi connectivity index (χ4n) is 4.93. The highest BCUT2D eigenvalue weighted by molar-refractivity contribution is 7.84. The maximum atomic E-state index is 12.6. The van der Waals surface area contributed by atoms with Crippen molar-refractivity contribution in [3.05, 3.63) is 29.3 Å². The van der Waals surface area contributed by atoms with Crippen LogP contribution in [-0.2, 0) is 15.1 Å². The summed E-state index contributed by atoms with van der Waals surface area (Å²) in [5.74, 6) is 1.32. The molecule has 140 valence electrons. The molecule has 2 aliphatic carbocycles. The first-order valence-corrected chi connectivity index (χ1v) is 10.5. The zero-order valence-electron chi connectivity index (χ0n) is 14.9. The number of fused-ring (bicyclic) bond motifs is 4. The minimum absolute atomic E-state index is 0.135. The van der Waals surface area contributed by atoms with E-state index in [2.05, 4.69) is 6.92 Å². The molecule has 0 aromatic heterocycles. The number of benzene rings is 1. The normalized spacial score (nSPS) is 30.8. The molecule has 1 unspecified atom stereocenters. The van der Waals surface area contributed by atoms with Crippen LogP contribution >= 0.6 is 0 Å². The van der Waals surface area contributed by atoms with E-state index in [1.165, 1.54) is 11.1 Å². The third-order valence-corrected chi connectivity index (χ3v) is 6.58. The number of nitrogens with two attached hydrogens (primary N) is 1. The summed E-state index contributed by atoms with van der Waals surface area (Å²) in [5.41, 5.74) is 3.14. The topological polar surface area (TPSA) is 95.7 Å². The fourth-order valence-corrected chi connectivity index (χ4v) is 5.30. The number of allylic oxidation sites excluding steroid dienone is 1. The molecule has 26 heavy (non-hydrogen) atoms. The van der Waals surface area contributed by atoms with Crippen LogP contribution < -0.4 is 14.1 Å². The summed E-state index contributed by atoms with van der Waals surface area (Å²) in [4.78, 5) is 12.6. The van der Waals surface area contributed by atoms with Crippen molar-refractivity contribution >= 4 is 21.7 Å². The van der Waals surface area contributed by atoms with Gasteiger partial charge in [0, 0.05) is 23.5 Å². The number of rotatable bonds is 2. The van der Waals surface area contributed by atoms with Crippen LogP contribution in [-0.4, -0.2) is 20.3 Å². The summed E-state index contributed by atoms with van der Waals surface area (Å²) in [6.07, 6.45) is 4.13. The van der Waals surface area contributed by atoms with E-state index in [1.807, 2.05) is 13.0 Å². The van der Waals surface area contributed by atoms with Crippen LogP contribution in [0.5, 0.6) is 11.5 Å². The van der Waals surface area contributed by atoms with Gasteiger partial charge in [0.1, 0.15) is 23.4 Å². The largest absolute Gasteiger partial charge is 0.486 e. The number of carbonyl (C=O) groups is 1. The van der Waals surface area contributed by atoms with Gasteiger partial charge in [-0.3, -0.25) is 4.79 Å². The predicted octanol–water partition coefficient (Wildman–Crippen LogP) is 2.97. The zero-order valence-corrected chi connectivity index (χ0v) is 15.8. The van der Waals surface area contributed by atoms with Crippen molar-refractivity contribution in [2.75, 3.05) is 0 Å². The van der Waals surface area contributed by atoms with Gasteiger partial charge in [-0.15, -0.1) is 0 Å². The van der Waals surface area contributed by atoms with Crippen molar-refractivity contribution in [1.82, 2.24) is 0 Å². The summed E-state index contributed by atoms with van der Waals surface area (Å²) in [5, 5.41) is 4.95. The van der Waals surface area contributed by atoms with Crippen LogP contribution in [0.3, 0.4) is 0 Å². The van der Waals surface area contributed by atoms with E-state index in [9.17, 15) is 13.2 Å². The number of Topliss-reactive ketones (excluding diaryl/α,β-unsaturated/α-hetero) is 1. The lowest BCUT2D eigenvalue weighted by Crippen LogP contribution is -2.46. The maximum Gasteiger partial charge on any atom is 0.380 e. The van der Waals surface area contributed by atoms with Gasteiger partial charge in [0.05, 0.1) is 0 Å². The second kappa shape index (κ2) is 5.82. The number of hydrogen-bond acceptors (Lipinski definition) is 5. The summed E-state index contributed by atoms with van der Waals surface area (Å²) >= 11 is 0. The first-order chi connectivity index (χ1) is 12.2. The van der Waals surface area contributed by atoms with Crippen LogP contribution in [0.15, 0.2) is 23.8 Å². The SMILES string of the molecule is CC1Oc2cc(OS(N)(=O)=O)ccc2C2=C1[C@@H]1CCCC(=O)[C@@]1(C)CC2. The van der Waals surface area contributed by atoms with Crippen LogP contribution in [0.1, 0.15) is 51.5 Å². The van der Waals surface area contributed by atoms with E-state index in [4.69, 9.17) is 14.1 Å². The first kappa shape index (κ1) is 17.5. The quantitative estimate of drug-likeness (QED) is 0.855. The molecule has 3 atom stereocenters. The van der Waals surface area contributed by atoms with Gasteiger partial charge in [-0.05, 0) is 61.8 Å². The van der Waals surface area contributed by atoms with Gasteiger partial charge >= 0.3 is 10.3 Å². The third-order valence-electron chi connectivity index (χ3n) is 6.15. The zero-order chi connectivity index (χ0) is 18.7. The molecular weight excluding hydrogens is 354 g/mol. The summed E-state index contributed by atoms with van der Waals surface area (Å²) in [6.45, 7) is 4.10. The first-order valence-electron chi connectivity index (χ1n) is 8.98. The molecule has 7 heteroatoms. The molecule has 1 aromatic carbocycles. The van der Waals surface area contributed by atoms with Crippen LogP contribution in [0.4, 0.5) is 0 Å². The van der Waals surface area contributed by atoms with Gasteiger partial charge < -0.3 is 8.92 Å². The van der Waals surface area contributed by atoms with Gasteiger partial charge in [0.15, 0.2) is 0 Å². The summed E-state index contributed by atoms with van der Waals surface area (Å²) in [6, 6.07) is 4.98. The Morgan fingerprint density at radius 2 is 2.08 bits per heavy atom. The van der Waals surface area contributed by atoms with Crippen molar-refractivity contribution in [2.45, 2.75) is 52.1 Å². The average molecular weight is 377 g/mol. The Morgan fingerprint density at radius 3 is 2.81 bits per heavy atom. The molecule has 0 radical (unpaired) electrons. The van der Waals surface area contributed by atoms with Crippen molar-refractivity contribution < 1.29 is 22.1 Å². The van der Waals surface area contributed by atoms with Crippen molar-refractivity contribution in [3.63, 3.8) is 0 Å². The molecule has 1 saturated carbocycles. The molecule has 0 bridgehead atoms. The Hall–Kier alpha value is -1.86. The molecule has 1 aliphatic heterocycles. The molecule has 6 nitrogen and oxygen atoms in total. The van der Waals surface area contributed by atoms with Crippen molar-refractivity contribution in [3.8, 4) is 11.5 Å². The molecule has 3 aliphatic rings. The Balaban J connectivity index is 1.78. The molecule has 2 N–H and O–H groups in total. The Kier molecular flexibility index (Phi) is 3.93. The highest BCUT2D eigenvalue weighted by Gasteiger charge is 2.50. The molecule has 1 aromatic rings. The molecular formula is C19H23NO5S. The lowest BCUT2D eigenvalue weighted by Gasteiger charge is -2.48. The van der Waals surface area contributed by atoms with Gasteiger partial charge in [0.2, 0.25) is 0 Å². The van der Waals surface area contributed by atoms with E-state index < -0.39 is 10.3 Å². The minimum Gasteiger partial charge on any atom is -0.486 e. The van der Waals surface area contributed by atoms with E-state index in [1.54, 1.807) is 12.1 Å². The fraction of sp³-hybridized carbons (Fsp3) is 0.526. The number of carbonyl (C=O) groups excluding carboxylic acids is 1. The predicted molar refractivity (Wildman–Crippen MR) is 96.9 cm³/mol. The van der Waals surface area contributed by atoms with E-state index in [-0.39, 0.29) is 23.2 Å². The van der Waals surface area contributed by atoms with Crippen molar-refractivity contribution in [2.24, 2.45) is 16.5 Å². The smallest absolute Gasteiger partial charge is 0.380 e. The molecule has 0 spiro atoms. The highest BCUT2D eigenvalue weighted by atomic mass is 32.2. The molecule has 1 fully saturated rings. The molecule has 4 rings (SSSR count). The Labute approximate surface area is 153 Å². The summed E-state index contributed by atoms with van der Waals surface area (Å²) < 4.78 is 33.2. The second-order valence-electron chi connectivity index (χ2n) is 7.71. The molecule has 1 heterocycles. The third kappa shape index (κ3) is 2.74. The average Bonchev–Trinajstić information content (AvgIpc) is 2.54. The minimum atomic E-state index is -4.08. The van der Waals surface area contributed by atoms with Gasteiger partial charge in [-0.25, -0.2) is 0 Å². The number of ether oxygens (including phenoxy) is 1. The maximum absolute atomic E-state index is 12.6. The Bertz CT molecular complexity index is 920. The molecule has 0 amide bonds. The van der Waals surface area contributed by atoms with E-state index in [0.717, 1.165) is 31.2 Å². The van der Waals surface area contributed by atoms with E-state index >= 15 is 0 Å². The van der Waals surface area contributed by atoms with Gasteiger partial charge in [-0.2, -0.15) is 13.6 Å². The van der Waals surface area contributed by atoms with Gasteiger partial charge in [0.25, 0.3) is 0 Å². The van der Waals surface area contributed by atoms with Gasteiger partial charge in [-0.1, -0.05) is 6.92 Å². The lowest BCUT2D eigenvalue weighted by atomic mass is 9.56.